The van der Waals surface area contributed by atoms with Gasteiger partial charge in [-0.05, 0) is 84.4 Å². The van der Waals surface area contributed by atoms with Crippen LogP contribution in [0.2, 0.25) is 0 Å². The van der Waals surface area contributed by atoms with Gasteiger partial charge in [0.25, 0.3) is 4.36 Å². The van der Waals surface area contributed by atoms with E-state index < -0.39 is 18.9 Å². The predicted molar refractivity (Wildman–Crippen MR) is 204 cm³/mol. The van der Waals surface area contributed by atoms with E-state index in [4.69, 9.17) is 23.2 Å². The Labute approximate surface area is 283 Å². The van der Waals surface area contributed by atoms with Gasteiger partial charge in [0.15, 0.2) is 14.5 Å². The van der Waals surface area contributed by atoms with Crippen molar-refractivity contribution >= 4 is 75.3 Å². The maximum atomic E-state index is 14.4. The summed E-state index contributed by atoms with van der Waals surface area (Å²) in [6, 6.07) is 64.1. The zero-order valence-electron chi connectivity index (χ0n) is 25.5. The van der Waals surface area contributed by atoms with E-state index in [-0.39, 0.29) is 24.5 Å². The van der Waals surface area contributed by atoms with Crippen molar-refractivity contribution < 1.29 is 4.79 Å². The average Bonchev–Trinajstić information content (AvgIpc) is 3.12. The Balaban J connectivity index is 1.92. The zero-order valence-corrected chi connectivity index (χ0v) is 28.8. The molecule has 0 aliphatic carbocycles. The zero-order chi connectivity index (χ0) is 31.9. The fourth-order valence-corrected chi connectivity index (χ4v) is 21.6. The SMILES string of the molecule is O=C(CCCl)CC(Cl)([P+](c1ccccc1)(c1ccccc1)c1ccccc1)[P+](c1ccccc1)(c1ccccc1)c1ccccc1. The highest BCUT2D eigenvalue weighted by molar-refractivity contribution is 8.14. The van der Waals surface area contributed by atoms with Gasteiger partial charge in [0.05, 0.1) is 6.42 Å². The Morgan fingerprint density at radius 2 is 0.652 bits per heavy atom. The van der Waals surface area contributed by atoms with Crippen LogP contribution in [-0.4, -0.2) is 16.0 Å². The second kappa shape index (κ2) is 14.5. The monoisotopic (exact) mass is 676 g/mol. The first-order valence-electron chi connectivity index (χ1n) is 15.5. The smallest absolute Gasteiger partial charge is 0.283 e. The molecule has 0 spiro atoms. The van der Waals surface area contributed by atoms with Gasteiger partial charge in [-0.3, -0.25) is 4.79 Å². The molecular weight excluding hydrogens is 641 g/mol. The average molecular weight is 678 g/mol. The number of rotatable bonds is 12. The quantitative estimate of drug-likeness (QED) is 0.0939. The second-order valence-corrected chi connectivity index (χ2v) is 20.4. The molecule has 0 bridgehead atoms. The lowest BCUT2D eigenvalue weighted by Gasteiger charge is -2.46. The molecule has 0 aliphatic rings. The lowest BCUT2D eigenvalue weighted by Crippen LogP contribution is -2.53. The number of carbonyl (C=O) groups is 1. The van der Waals surface area contributed by atoms with E-state index in [1.165, 1.54) is 0 Å². The van der Waals surface area contributed by atoms with Crippen LogP contribution in [0.25, 0.3) is 0 Å². The summed E-state index contributed by atoms with van der Waals surface area (Å²) >= 11 is 15.3. The molecule has 1 nitrogen and oxygen atoms in total. The van der Waals surface area contributed by atoms with E-state index in [1.807, 2.05) is 0 Å². The fraction of sp³-hybridized carbons (Fsp3) is 0.0976. The summed E-state index contributed by atoms with van der Waals surface area (Å²) in [5.74, 6) is 0.302. The van der Waals surface area contributed by atoms with Crippen LogP contribution in [0.15, 0.2) is 182 Å². The van der Waals surface area contributed by atoms with Gasteiger partial charge in [-0.1, -0.05) is 109 Å². The van der Waals surface area contributed by atoms with Gasteiger partial charge in [0, 0.05) is 12.3 Å². The van der Waals surface area contributed by atoms with Crippen LogP contribution in [-0.2, 0) is 4.79 Å². The molecule has 0 saturated carbocycles. The molecule has 0 radical (unpaired) electrons. The Hall–Kier alpha value is -3.57. The third-order valence-electron chi connectivity index (χ3n) is 8.68. The Morgan fingerprint density at radius 1 is 0.435 bits per heavy atom. The number of benzene rings is 6. The van der Waals surface area contributed by atoms with Crippen molar-refractivity contribution in [3.05, 3.63) is 182 Å². The topological polar surface area (TPSA) is 17.1 Å². The van der Waals surface area contributed by atoms with Crippen LogP contribution in [0.3, 0.4) is 0 Å². The second-order valence-electron chi connectivity index (χ2n) is 11.2. The molecule has 5 heteroatoms. The van der Waals surface area contributed by atoms with E-state index >= 15 is 0 Å². The standard InChI is InChI=1S/C41H36Cl2OP2/c42-32-31-34(44)33-41(43,45(35-19-7-1-8-20-35,36-21-9-2-10-22-36)37-23-11-3-12-24-37)46(38-25-13-4-14-26-38,39-27-15-5-16-28-39)40-29-17-6-18-30-40/h1-30H,31-33H2/q+2. The highest BCUT2D eigenvalue weighted by atomic mass is 35.5. The first kappa shape index (κ1) is 32.4. The molecule has 0 aromatic heterocycles. The molecule has 0 atom stereocenters. The van der Waals surface area contributed by atoms with Crippen LogP contribution in [0.5, 0.6) is 0 Å². The fourth-order valence-electron chi connectivity index (χ4n) is 6.90. The summed E-state index contributed by atoms with van der Waals surface area (Å²) < 4.78 is -1.14. The van der Waals surface area contributed by atoms with Gasteiger partial charge < -0.3 is 0 Å². The largest absolute Gasteiger partial charge is 0.299 e. The summed E-state index contributed by atoms with van der Waals surface area (Å²) in [7, 11) is -5.84. The molecule has 228 valence electrons. The molecule has 0 N–H and O–H groups in total. The summed E-state index contributed by atoms with van der Waals surface area (Å²) in [6.45, 7) is 0. The molecule has 46 heavy (non-hydrogen) atoms. The number of halogens is 2. The molecule has 6 aromatic carbocycles. The highest BCUT2D eigenvalue weighted by Crippen LogP contribution is 2.86. The van der Waals surface area contributed by atoms with Crippen molar-refractivity contribution in [1.29, 1.82) is 0 Å². The minimum absolute atomic E-state index is 0.0596. The minimum atomic E-state index is -2.92. The Kier molecular flexibility index (Phi) is 10.2. The normalized spacial score (nSPS) is 12.0. The lowest BCUT2D eigenvalue weighted by molar-refractivity contribution is -0.118. The summed E-state index contributed by atoms with van der Waals surface area (Å²) in [5.41, 5.74) is 0. The van der Waals surface area contributed by atoms with Crippen molar-refractivity contribution in [3.63, 3.8) is 0 Å². The van der Waals surface area contributed by atoms with E-state index in [0.29, 0.717) is 0 Å². The van der Waals surface area contributed by atoms with E-state index in [1.54, 1.807) is 0 Å². The lowest BCUT2D eigenvalue weighted by atomic mass is 10.2. The Morgan fingerprint density at radius 3 is 0.848 bits per heavy atom. The highest BCUT2D eigenvalue weighted by Gasteiger charge is 2.79. The van der Waals surface area contributed by atoms with Crippen molar-refractivity contribution in [2.75, 3.05) is 5.88 Å². The molecule has 0 saturated heterocycles. The number of carbonyl (C=O) groups excluding carboxylic acids is 1. The molecule has 0 fully saturated rings. The first-order valence-corrected chi connectivity index (χ1v) is 20.0. The van der Waals surface area contributed by atoms with Gasteiger partial charge in [0.1, 0.15) is 37.6 Å². The maximum Gasteiger partial charge on any atom is 0.283 e. The van der Waals surface area contributed by atoms with Crippen molar-refractivity contribution in [1.82, 2.24) is 0 Å². The van der Waals surface area contributed by atoms with Crippen LogP contribution < -0.4 is 31.8 Å². The van der Waals surface area contributed by atoms with Gasteiger partial charge in [-0.15, -0.1) is 11.6 Å². The first-order chi connectivity index (χ1) is 22.6. The number of hydrogen-bond acceptors (Lipinski definition) is 1. The molecule has 6 rings (SSSR count). The molecule has 0 unspecified atom stereocenters. The molecule has 0 amide bonds. The van der Waals surface area contributed by atoms with Crippen molar-refractivity contribution in [2.45, 2.75) is 17.2 Å². The third kappa shape index (κ3) is 5.55. The van der Waals surface area contributed by atoms with Crippen LogP contribution in [0, 0.1) is 0 Å². The van der Waals surface area contributed by atoms with Crippen LogP contribution in [0.4, 0.5) is 0 Å². The van der Waals surface area contributed by atoms with Gasteiger partial charge >= 0.3 is 0 Å². The van der Waals surface area contributed by atoms with Gasteiger partial charge in [-0.2, -0.15) is 0 Å². The van der Waals surface area contributed by atoms with E-state index in [9.17, 15) is 4.79 Å². The third-order valence-corrected chi connectivity index (χ3v) is 21.1. The summed E-state index contributed by atoms with van der Waals surface area (Å²) in [6.07, 6.45) is 0.382. The Bertz CT molecular complexity index is 1520. The van der Waals surface area contributed by atoms with Crippen LogP contribution >= 0.6 is 37.7 Å². The number of Topliss-reactive ketones (excluding diaryl/α,β-unsaturated/α-hetero) is 1. The van der Waals surface area contributed by atoms with Crippen molar-refractivity contribution in [3.8, 4) is 0 Å². The molecule has 6 aromatic rings. The molecular formula is C41H36Cl2OP2+2. The van der Waals surface area contributed by atoms with E-state index in [2.05, 4.69) is 182 Å². The number of alkyl halides is 2. The summed E-state index contributed by atoms with van der Waals surface area (Å²) in [4.78, 5) is 14.4. The summed E-state index contributed by atoms with van der Waals surface area (Å²) in [5, 5.41) is 6.80. The predicted octanol–water partition coefficient (Wildman–Crippen LogP) is 8.46. The number of ketones is 1. The number of hydrogen-bond donors (Lipinski definition) is 0. The van der Waals surface area contributed by atoms with Gasteiger partial charge in [0.2, 0.25) is 0 Å². The van der Waals surface area contributed by atoms with Gasteiger partial charge in [-0.25, -0.2) is 0 Å². The molecule has 0 heterocycles. The molecule has 0 aliphatic heterocycles. The van der Waals surface area contributed by atoms with Crippen LogP contribution in [0.1, 0.15) is 12.8 Å². The maximum absolute atomic E-state index is 14.4. The van der Waals surface area contributed by atoms with Crippen molar-refractivity contribution in [2.24, 2.45) is 0 Å². The van der Waals surface area contributed by atoms with E-state index in [0.717, 1.165) is 31.8 Å². The minimum Gasteiger partial charge on any atom is -0.299 e.